The van der Waals surface area contributed by atoms with E-state index >= 15 is 0 Å². The molecule has 6 rings (SSSR count). The van der Waals surface area contributed by atoms with Gasteiger partial charge in [0.15, 0.2) is 0 Å². The first-order chi connectivity index (χ1) is 22.4. The molecule has 9 nitrogen and oxygen atoms in total. The van der Waals surface area contributed by atoms with Crippen molar-refractivity contribution in [2.24, 2.45) is 0 Å². The lowest BCUT2D eigenvalue weighted by Gasteiger charge is -2.38. The minimum absolute atomic E-state index is 0.306. The predicted molar refractivity (Wildman–Crippen MR) is 187 cm³/mol. The van der Waals surface area contributed by atoms with Crippen molar-refractivity contribution in [3.8, 4) is 5.69 Å². The Morgan fingerprint density at radius 1 is 0.913 bits per heavy atom. The number of piperazine rings is 2. The van der Waals surface area contributed by atoms with Gasteiger partial charge in [-0.1, -0.05) is 26.3 Å². The molecule has 0 spiro atoms. The van der Waals surface area contributed by atoms with E-state index in [4.69, 9.17) is 10.1 Å². The van der Waals surface area contributed by atoms with Gasteiger partial charge in [0.05, 0.1) is 17.1 Å². The third-order valence-electron chi connectivity index (χ3n) is 10.2. The summed E-state index contributed by atoms with van der Waals surface area (Å²) in [7, 11) is 0. The van der Waals surface area contributed by atoms with Crippen molar-refractivity contribution in [2.45, 2.75) is 78.7 Å². The maximum Gasteiger partial charge on any atom is 0.222 e. The molecular formula is C37H54N8O. The number of pyridine rings is 1. The molecule has 2 saturated heterocycles. The van der Waals surface area contributed by atoms with Crippen molar-refractivity contribution < 1.29 is 4.79 Å². The molecule has 0 saturated carbocycles. The second-order valence-corrected chi connectivity index (χ2v) is 13.6. The Kier molecular flexibility index (Phi) is 10.6. The average Bonchev–Trinajstić information content (AvgIpc) is 3.44. The van der Waals surface area contributed by atoms with Crippen LogP contribution in [0, 0.1) is 13.8 Å². The van der Waals surface area contributed by atoms with Crippen LogP contribution in [-0.4, -0.2) is 101 Å². The van der Waals surface area contributed by atoms with E-state index in [9.17, 15) is 4.79 Å². The molecule has 5 heterocycles. The van der Waals surface area contributed by atoms with Gasteiger partial charge in [-0.05, 0) is 86.9 Å². The van der Waals surface area contributed by atoms with Gasteiger partial charge in [-0.15, -0.1) is 0 Å². The van der Waals surface area contributed by atoms with Gasteiger partial charge in [0, 0.05) is 89.8 Å². The van der Waals surface area contributed by atoms with Crippen LogP contribution < -0.4 is 10.2 Å². The number of hydrogen-bond acceptors (Lipinski definition) is 7. The lowest BCUT2D eigenvalue weighted by Crippen LogP contribution is -2.48. The summed E-state index contributed by atoms with van der Waals surface area (Å²) in [5.74, 6) is 1.84. The van der Waals surface area contributed by atoms with Crippen LogP contribution in [0.5, 0.6) is 0 Å². The van der Waals surface area contributed by atoms with Crippen LogP contribution in [-0.2, 0) is 17.8 Å². The average molecular weight is 627 g/mol. The molecule has 3 aliphatic rings. The third kappa shape index (κ3) is 7.74. The van der Waals surface area contributed by atoms with Crippen LogP contribution in [0.4, 0.5) is 11.5 Å². The quantitative estimate of drug-likeness (QED) is 0.306. The van der Waals surface area contributed by atoms with E-state index in [1.807, 2.05) is 0 Å². The first-order valence-corrected chi connectivity index (χ1v) is 17.8. The lowest BCUT2D eigenvalue weighted by atomic mass is 9.94. The summed E-state index contributed by atoms with van der Waals surface area (Å²) in [6, 6.07) is 13.7. The van der Waals surface area contributed by atoms with Gasteiger partial charge >= 0.3 is 0 Å². The van der Waals surface area contributed by atoms with Crippen LogP contribution >= 0.6 is 0 Å². The Labute approximate surface area is 275 Å². The van der Waals surface area contributed by atoms with E-state index in [1.165, 1.54) is 28.9 Å². The van der Waals surface area contributed by atoms with Crippen molar-refractivity contribution in [1.82, 2.24) is 29.5 Å². The maximum absolute atomic E-state index is 12.7. The first kappa shape index (κ1) is 32.5. The van der Waals surface area contributed by atoms with Gasteiger partial charge < -0.3 is 20.0 Å². The van der Waals surface area contributed by atoms with E-state index in [0.717, 1.165) is 121 Å². The number of nitrogens with one attached hydrogen (secondary N) is 1. The molecule has 0 bridgehead atoms. The minimum Gasteiger partial charge on any atom is -0.370 e. The summed E-state index contributed by atoms with van der Waals surface area (Å²) in [4.78, 5) is 27.4. The van der Waals surface area contributed by atoms with Gasteiger partial charge in [0.1, 0.15) is 5.82 Å². The summed E-state index contributed by atoms with van der Waals surface area (Å²) in [6.07, 6.45) is 6.13. The summed E-state index contributed by atoms with van der Waals surface area (Å²) >= 11 is 0. The number of aromatic nitrogens is 3. The number of benzene rings is 1. The monoisotopic (exact) mass is 626 g/mol. The van der Waals surface area contributed by atoms with E-state index in [2.05, 4.69) is 93.7 Å². The summed E-state index contributed by atoms with van der Waals surface area (Å²) < 4.78 is 2.10. The van der Waals surface area contributed by atoms with Gasteiger partial charge in [-0.2, -0.15) is 5.10 Å². The molecule has 46 heavy (non-hydrogen) atoms. The molecule has 1 aromatic carbocycles. The zero-order valence-corrected chi connectivity index (χ0v) is 28.6. The van der Waals surface area contributed by atoms with Crippen LogP contribution in [0.25, 0.3) is 5.69 Å². The Balaban J connectivity index is 1.13. The van der Waals surface area contributed by atoms with E-state index in [1.54, 1.807) is 0 Å². The smallest absolute Gasteiger partial charge is 0.222 e. The fourth-order valence-corrected chi connectivity index (χ4v) is 7.35. The summed E-state index contributed by atoms with van der Waals surface area (Å²) in [5.41, 5.74) is 8.49. The van der Waals surface area contributed by atoms with Crippen LogP contribution in [0.2, 0.25) is 0 Å². The van der Waals surface area contributed by atoms with Crippen molar-refractivity contribution >= 4 is 17.4 Å². The molecule has 0 radical (unpaired) electrons. The second-order valence-electron chi connectivity index (χ2n) is 13.6. The van der Waals surface area contributed by atoms with Crippen molar-refractivity contribution in [3.63, 3.8) is 0 Å². The van der Waals surface area contributed by atoms with Crippen molar-refractivity contribution in [3.05, 3.63) is 64.6 Å². The number of hydrogen-bond donors (Lipinski definition) is 1. The van der Waals surface area contributed by atoms with E-state index in [-0.39, 0.29) is 0 Å². The van der Waals surface area contributed by atoms with Crippen LogP contribution in [0.15, 0.2) is 36.4 Å². The summed E-state index contributed by atoms with van der Waals surface area (Å²) in [5, 5.41) is 8.34. The normalized spacial score (nSPS) is 18.3. The number of unbranched alkanes of at least 4 members (excludes halogenated alkanes) is 1. The molecule has 1 atom stereocenters. The Bertz CT molecular complexity index is 1470. The van der Waals surface area contributed by atoms with Crippen molar-refractivity contribution in [2.75, 3.05) is 75.7 Å². The van der Waals surface area contributed by atoms with Gasteiger partial charge in [0.25, 0.3) is 0 Å². The fraction of sp³-hybridized carbons (Fsp3) is 0.595. The number of nitrogens with zero attached hydrogens (tertiary/aromatic N) is 7. The van der Waals surface area contributed by atoms with Crippen molar-refractivity contribution in [1.29, 1.82) is 0 Å². The topological polar surface area (TPSA) is 72.8 Å². The highest BCUT2D eigenvalue weighted by Crippen LogP contribution is 2.31. The number of amides is 1. The molecular weight excluding hydrogens is 572 g/mol. The highest BCUT2D eigenvalue weighted by Gasteiger charge is 2.25. The molecule has 1 amide bonds. The largest absolute Gasteiger partial charge is 0.370 e. The van der Waals surface area contributed by atoms with Crippen LogP contribution in [0.3, 0.4) is 0 Å². The number of aryl methyl sites for hydroxylation is 3. The summed E-state index contributed by atoms with van der Waals surface area (Å²) in [6.45, 7) is 19.3. The highest BCUT2D eigenvalue weighted by molar-refractivity contribution is 5.76. The zero-order valence-electron chi connectivity index (χ0n) is 28.6. The Hall–Kier alpha value is -3.43. The van der Waals surface area contributed by atoms with Gasteiger partial charge in [0.2, 0.25) is 5.91 Å². The predicted octanol–water partition coefficient (Wildman–Crippen LogP) is 5.39. The molecule has 3 aliphatic heterocycles. The maximum atomic E-state index is 12.7. The Morgan fingerprint density at radius 3 is 2.39 bits per heavy atom. The second kappa shape index (κ2) is 15.0. The number of anilines is 2. The SMILES string of the molecule is CCCCC(=O)N1CCN(c2cc([C@H](CC)CN3CCN(Cc4ccc5c(n4)NCCC5)CC3)cc(-n3nc(C)cc3C)c2)CC1. The standard InChI is InChI=1S/C37H54N8O/c1-5-7-10-36(46)44-20-18-43(19-21-44)34-23-32(24-35(25-34)45-29(4)22-28(3)40-45)30(6-2)26-41-14-16-42(17-15-41)27-33-12-11-31-9-8-13-38-37(31)39-33/h11-12,22-25,30H,5-10,13-21,26-27H2,1-4H3,(H,38,39)/t30-/m1/s1. The first-order valence-electron chi connectivity index (χ1n) is 17.8. The lowest BCUT2D eigenvalue weighted by molar-refractivity contribution is -0.131. The number of carbonyl (C=O) groups is 1. The molecule has 3 aromatic rings. The van der Waals surface area contributed by atoms with Crippen LogP contribution in [0.1, 0.15) is 80.1 Å². The molecule has 0 unspecified atom stereocenters. The van der Waals surface area contributed by atoms with Gasteiger partial charge in [-0.25, -0.2) is 9.67 Å². The molecule has 248 valence electrons. The number of fused-ring (bicyclic) bond motifs is 1. The van der Waals surface area contributed by atoms with E-state index < -0.39 is 0 Å². The zero-order chi connectivity index (χ0) is 32.0. The number of carbonyl (C=O) groups excluding carboxylic acids is 1. The molecule has 9 heteroatoms. The molecule has 0 aliphatic carbocycles. The third-order valence-corrected chi connectivity index (χ3v) is 10.2. The molecule has 2 fully saturated rings. The Morgan fingerprint density at radius 2 is 1.67 bits per heavy atom. The minimum atomic E-state index is 0.306. The number of rotatable bonds is 11. The van der Waals surface area contributed by atoms with E-state index in [0.29, 0.717) is 18.2 Å². The highest BCUT2D eigenvalue weighted by atomic mass is 16.2. The van der Waals surface area contributed by atoms with Gasteiger partial charge in [-0.3, -0.25) is 9.69 Å². The molecule has 2 aromatic heterocycles. The fourth-order valence-electron chi connectivity index (χ4n) is 7.35. The molecule has 1 N–H and O–H groups in total.